The number of hydrogen-bond acceptors (Lipinski definition) is 6. The molecule has 0 amide bonds. The third-order valence-corrected chi connectivity index (χ3v) is 3.01. The minimum atomic E-state index is -0.960. The second-order valence-electron chi connectivity index (χ2n) is 4.28. The van der Waals surface area contributed by atoms with E-state index in [1.165, 1.54) is 6.20 Å². The number of nitrogens with two attached hydrogens (primary N) is 1. The van der Waals surface area contributed by atoms with Crippen molar-refractivity contribution in [1.29, 1.82) is 0 Å². The molecular formula is C12H13N5O4. The van der Waals surface area contributed by atoms with E-state index in [0.29, 0.717) is 5.56 Å². The Balaban J connectivity index is 2.65. The van der Waals surface area contributed by atoms with Gasteiger partial charge in [0.2, 0.25) is 0 Å². The molecule has 0 saturated heterocycles. The highest BCUT2D eigenvalue weighted by atomic mass is 16.6. The lowest BCUT2D eigenvalue weighted by atomic mass is 10.2. The van der Waals surface area contributed by atoms with Crippen LogP contribution in [0.4, 0.5) is 11.5 Å². The van der Waals surface area contributed by atoms with Crippen LogP contribution >= 0.6 is 0 Å². The second kappa shape index (κ2) is 5.57. The fourth-order valence-electron chi connectivity index (χ4n) is 1.88. The van der Waals surface area contributed by atoms with E-state index in [0.717, 1.165) is 15.3 Å². The van der Waals surface area contributed by atoms with Crippen molar-refractivity contribution in [3.05, 3.63) is 61.0 Å². The van der Waals surface area contributed by atoms with Crippen molar-refractivity contribution in [2.75, 3.05) is 5.73 Å². The molecule has 9 heteroatoms. The van der Waals surface area contributed by atoms with E-state index in [1.54, 1.807) is 19.1 Å². The van der Waals surface area contributed by atoms with E-state index in [2.05, 4.69) is 4.98 Å². The predicted molar refractivity (Wildman–Crippen MR) is 75.0 cm³/mol. The Kier molecular flexibility index (Phi) is 3.83. The van der Waals surface area contributed by atoms with E-state index in [1.807, 2.05) is 0 Å². The highest BCUT2D eigenvalue weighted by Crippen LogP contribution is 2.08. The Bertz CT molecular complexity index is 808. The zero-order valence-corrected chi connectivity index (χ0v) is 11.2. The molecule has 110 valence electrons. The monoisotopic (exact) mass is 291 g/mol. The summed E-state index contributed by atoms with van der Waals surface area (Å²) in [6, 6.07) is 3.20. The molecule has 2 heterocycles. The molecule has 2 aromatic heterocycles. The topological polar surface area (TPSA) is 126 Å². The molecule has 0 fully saturated rings. The van der Waals surface area contributed by atoms with Gasteiger partial charge in [0.05, 0.1) is 17.7 Å². The lowest BCUT2D eigenvalue weighted by Gasteiger charge is -2.09. The van der Waals surface area contributed by atoms with Crippen LogP contribution < -0.4 is 17.0 Å². The smallest absolute Gasteiger partial charge is 0.350 e. The first-order valence-corrected chi connectivity index (χ1v) is 6.13. The lowest BCUT2D eigenvalue weighted by molar-refractivity contribution is -0.387. The van der Waals surface area contributed by atoms with E-state index in [-0.39, 0.29) is 18.9 Å². The van der Waals surface area contributed by atoms with Crippen LogP contribution in [0.1, 0.15) is 12.5 Å². The summed E-state index contributed by atoms with van der Waals surface area (Å²) in [5.74, 6) is 0.165. The molecule has 0 spiro atoms. The molecule has 0 bridgehead atoms. The molecule has 0 atom stereocenters. The second-order valence-corrected chi connectivity index (χ2v) is 4.28. The van der Waals surface area contributed by atoms with Gasteiger partial charge in [-0.3, -0.25) is 19.5 Å². The normalized spacial score (nSPS) is 10.5. The average Bonchev–Trinajstić information content (AvgIpc) is 2.45. The molecule has 21 heavy (non-hydrogen) atoms. The van der Waals surface area contributed by atoms with Crippen molar-refractivity contribution in [2.45, 2.75) is 20.0 Å². The summed E-state index contributed by atoms with van der Waals surface area (Å²) >= 11 is 0. The van der Waals surface area contributed by atoms with E-state index >= 15 is 0 Å². The van der Waals surface area contributed by atoms with Gasteiger partial charge in [-0.2, -0.15) is 0 Å². The fraction of sp³-hybridized carbons (Fsp3) is 0.250. The molecule has 0 radical (unpaired) electrons. The van der Waals surface area contributed by atoms with E-state index in [9.17, 15) is 19.7 Å². The standard InChI is InChI=1S/C12H13N5O4/c1-2-15-7-9(17(20)21)11(18)16(12(15)19)6-8-4-3-5-14-10(8)13/h3-5,7H,2,6H2,1H3,(H2,13,14). The van der Waals surface area contributed by atoms with Gasteiger partial charge in [0.15, 0.2) is 0 Å². The fourth-order valence-corrected chi connectivity index (χ4v) is 1.88. The van der Waals surface area contributed by atoms with Crippen LogP contribution in [-0.2, 0) is 13.1 Å². The van der Waals surface area contributed by atoms with Gasteiger partial charge in [0.25, 0.3) is 0 Å². The van der Waals surface area contributed by atoms with Gasteiger partial charge in [-0.05, 0) is 13.0 Å². The van der Waals surface area contributed by atoms with Gasteiger partial charge in [-0.25, -0.2) is 14.3 Å². The van der Waals surface area contributed by atoms with Gasteiger partial charge in [0, 0.05) is 18.3 Å². The third kappa shape index (κ3) is 2.66. The Hall–Kier alpha value is -2.97. The number of hydrogen-bond donors (Lipinski definition) is 1. The van der Waals surface area contributed by atoms with Crippen molar-refractivity contribution in [3.63, 3.8) is 0 Å². The number of pyridine rings is 1. The van der Waals surface area contributed by atoms with Crippen LogP contribution in [-0.4, -0.2) is 19.0 Å². The van der Waals surface area contributed by atoms with Crippen molar-refractivity contribution in [2.24, 2.45) is 0 Å². The maximum atomic E-state index is 12.2. The number of anilines is 1. The van der Waals surface area contributed by atoms with E-state index < -0.39 is 21.9 Å². The zero-order valence-electron chi connectivity index (χ0n) is 11.2. The summed E-state index contributed by atoms with van der Waals surface area (Å²) in [7, 11) is 0. The number of nitrogen functional groups attached to an aromatic ring is 1. The first kappa shape index (κ1) is 14.4. The summed E-state index contributed by atoms with van der Waals surface area (Å²) in [5.41, 5.74) is 3.87. The average molecular weight is 291 g/mol. The van der Waals surface area contributed by atoms with Crippen LogP contribution in [0.3, 0.4) is 0 Å². The summed E-state index contributed by atoms with van der Waals surface area (Å²) in [4.78, 5) is 38.2. The van der Waals surface area contributed by atoms with Crippen molar-refractivity contribution in [3.8, 4) is 0 Å². The number of aryl methyl sites for hydroxylation is 1. The Morgan fingerprint density at radius 2 is 2.14 bits per heavy atom. The molecule has 0 aliphatic carbocycles. The highest BCUT2D eigenvalue weighted by Gasteiger charge is 2.20. The number of nitro groups is 1. The Morgan fingerprint density at radius 1 is 1.43 bits per heavy atom. The van der Waals surface area contributed by atoms with Gasteiger partial charge < -0.3 is 5.73 Å². The third-order valence-electron chi connectivity index (χ3n) is 3.01. The van der Waals surface area contributed by atoms with Crippen LogP contribution in [0.2, 0.25) is 0 Å². The zero-order chi connectivity index (χ0) is 15.6. The largest absolute Gasteiger partial charge is 0.383 e. The van der Waals surface area contributed by atoms with E-state index in [4.69, 9.17) is 5.73 Å². The maximum Gasteiger partial charge on any atom is 0.350 e. The first-order chi connectivity index (χ1) is 9.95. The Morgan fingerprint density at radius 3 is 2.71 bits per heavy atom. The van der Waals surface area contributed by atoms with Crippen molar-refractivity contribution < 1.29 is 4.92 Å². The molecule has 0 unspecified atom stereocenters. The number of rotatable bonds is 4. The molecule has 0 aliphatic rings. The highest BCUT2D eigenvalue weighted by molar-refractivity contribution is 5.38. The molecule has 9 nitrogen and oxygen atoms in total. The van der Waals surface area contributed by atoms with Crippen LogP contribution in [0.5, 0.6) is 0 Å². The van der Waals surface area contributed by atoms with Crippen LogP contribution in [0, 0.1) is 10.1 Å². The number of aromatic nitrogens is 3. The van der Waals surface area contributed by atoms with Crippen molar-refractivity contribution in [1.82, 2.24) is 14.1 Å². The molecule has 0 saturated carbocycles. The van der Waals surface area contributed by atoms with Crippen LogP contribution in [0.25, 0.3) is 0 Å². The molecule has 0 aliphatic heterocycles. The summed E-state index contributed by atoms with van der Waals surface area (Å²) in [6.07, 6.45) is 2.42. The number of nitrogens with zero attached hydrogens (tertiary/aromatic N) is 4. The van der Waals surface area contributed by atoms with Gasteiger partial charge in [-0.15, -0.1) is 0 Å². The lowest BCUT2D eigenvalue weighted by Crippen LogP contribution is -2.40. The SMILES string of the molecule is CCn1cc([N+](=O)[O-])c(=O)n(Cc2cccnc2N)c1=O. The van der Waals surface area contributed by atoms with Crippen LogP contribution in [0.15, 0.2) is 34.1 Å². The van der Waals surface area contributed by atoms with Gasteiger partial charge >= 0.3 is 16.9 Å². The summed E-state index contributed by atoms with van der Waals surface area (Å²) in [5, 5.41) is 10.9. The quantitative estimate of drug-likeness (QED) is 0.622. The Labute approximate surface area is 118 Å². The molecular weight excluding hydrogens is 278 g/mol. The van der Waals surface area contributed by atoms with Crippen molar-refractivity contribution >= 4 is 11.5 Å². The van der Waals surface area contributed by atoms with Gasteiger partial charge in [0.1, 0.15) is 5.82 Å². The summed E-state index contributed by atoms with van der Waals surface area (Å²) in [6.45, 7) is 1.69. The minimum absolute atomic E-state index is 0.165. The minimum Gasteiger partial charge on any atom is -0.383 e. The predicted octanol–water partition coefficient (Wildman–Crippen LogP) is -0.0364. The summed E-state index contributed by atoms with van der Waals surface area (Å²) < 4.78 is 1.89. The molecule has 2 N–H and O–H groups in total. The first-order valence-electron chi connectivity index (χ1n) is 6.13. The molecule has 0 aromatic carbocycles. The molecule has 2 aromatic rings. The maximum absolute atomic E-state index is 12.2. The van der Waals surface area contributed by atoms with Gasteiger partial charge in [-0.1, -0.05) is 6.07 Å². The molecule has 2 rings (SSSR count).